The van der Waals surface area contributed by atoms with Crippen molar-refractivity contribution in [2.24, 2.45) is 4.99 Å². The largest absolute Gasteiger partial charge is 0.295 e. The fraction of sp³-hybridized carbons (Fsp3) is 0.200. The van der Waals surface area contributed by atoms with Gasteiger partial charge in [0.25, 0.3) is 5.91 Å². The Hall–Kier alpha value is -1.55. The third-order valence-electron chi connectivity index (χ3n) is 3.08. The topological polar surface area (TPSA) is 35.9 Å². The predicted octanol–water partition coefficient (Wildman–Crippen LogP) is 1.24. The van der Waals surface area contributed by atoms with Crippen LogP contribution in [0.25, 0.3) is 0 Å². The number of nitrogens with zero attached hydrogens (tertiary/aromatic N) is 3. The number of guanidine groups is 1. The summed E-state index contributed by atoms with van der Waals surface area (Å²) in [6, 6.07) is 5.49. The summed E-state index contributed by atoms with van der Waals surface area (Å²) in [5.41, 5.74) is 1.91. The van der Waals surface area contributed by atoms with E-state index < -0.39 is 0 Å². The second-order valence-corrected chi connectivity index (χ2v) is 4.27. The maximum atomic E-state index is 11.9. The van der Waals surface area contributed by atoms with Crippen molar-refractivity contribution in [1.29, 1.82) is 0 Å². The molecule has 0 saturated carbocycles. The minimum Gasteiger partial charge on any atom is -0.295 e. The van der Waals surface area contributed by atoms with Crippen LogP contribution in [0.2, 0.25) is 5.02 Å². The quantitative estimate of drug-likeness (QED) is 0.658. The Bertz CT molecular complexity index is 539. The molecule has 3 aliphatic rings. The van der Waals surface area contributed by atoms with Crippen molar-refractivity contribution in [3.63, 3.8) is 0 Å². The molecule has 5 heteroatoms. The first kappa shape index (κ1) is 7.70. The van der Waals surface area contributed by atoms with Crippen LogP contribution < -0.4 is 9.80 Å². The van der Waals surface area contributed by atoms with Crippen LogP contribution in [-0.4, -0.2) is 24.5 Å². The van der Waals surface area contributed by atoms with Gasteiger partial charge in [-0.15, -0.1) is 0 Å². The van der Waals surface area contributed by atoms with Crippen LogP contribution in [0.5, 0.6) is 0 Å². The number of carbonyl (C=O) groups excluding carboxylic acids is 1. The molecule has 1 amide bonds. The van der Waals surface area contributed by atoms with Gasteiger partial charge in [0.05, 0.1) is 17.9 Å². The molecule has 4 rings (SSSR count). The van der Waals surface area contributed by atoms with E-state index in [1.54, 1.807) is 4.90 Å². The standard InChI is InChI=1S/C10H6ClN3O/c11-5-1-2-6-7(3-5)14-9(15)8-4-12-10(14)13(6)8/h1-3,8H,4H2. The van der Waals surface area contributed by atoms with Crippen molar-refractivity contribution in [1.82, 2.24) is 0 Å². The van der Waals surface area contributed by atoms with Gasteiger partial charge in [-0.1, -0.05) is 11.6 Å². The number of halogens is 1. The molecule has 15 heavy (non-hydrogen) atoms. The first-order valence-corrected chi connectivity index (χ1v) is 5.12. The van der Waals surface area contributed by atoms with Crippen LogP contribution in [0, 0.1) is 0 Å². The van der Waals surface area contributed by atoms with Gasteiger partial charge in [0, 0.05) is 5.02 Å². The number of aliphatic imine (C=N–C) groups is 1. The molecule has 4 bridgehead atoms. The van der Waals surface area contributed by atoms with Gasteiger partial charge >= 0.3 is 0 Å². The fourth-order valence-electron chi connectivity index (χ4n) is 2.46. The maximum absolute atomic E-state index is 11.9. The van der Waals surface area contributed by atoms with Crippen LogP contribution in [0.3, 0.4) is 0 Å². The number of hydrogen-bond donors (Lipinski definition) is 0. The molecule has 0 radical (unpaired) electrons. The van der Waals surface area contributed by atoms with Gasteiger partial charge in [-0.05, 0) is 18.2 Å². The molecular weight excluding hydrogens is 214 g/mol. The number of rotatable bonds is 0. The number of benzene rings is 1. The third-order valence-corrected chi connectivity index (χ3v) is 3.31. The molecule has 0 aromatic heterocycles. The third kappa shape index (κ3) is 0.688. The molecule has 74 valence electrons. The van der Waals surface area contributed by atoms with Gasteiger partial charge in [0.1, 0.15) is 6.04 Å². The fourth-order valence-corrected chi connectivity index (χ4v) is 2.63. The molecule has 3 aliphatic heterocycles. The van der Waals surface area contributed by atoms with Crippen molar-refractivity contribution in [3.8, 4) is 0 Å². The lowest BCUT2D eigenvalue weighted by Crippen LogP contribution is -2.39. The summed E-state index contributed by atoms with van der Waals surface area (Å²) in [5.74, 6) is 0.886. The highest BCUT2D eigenvalue weighted by Crippen LogP contribution is 2.47. The van der Waals surface area contributed by atoms with E-state index in [1.807, 2.05) is 23.1 Å². The van der Waals surface area contributed by atoms with Gasteiger partial charge < -0.3 is 0 Å². The Morgan fingerprint density at radius 2 is 2.27 bits per heavy atom. The van der Waals surface area contributed by atoms with Gasteiger partial charge in [-0.3, -0.25) is 9.69 Å². The highest BCUT2D eigenvalue weighted by Gasteiger charge is 2.55. The van der Waals surface area contributed by atoms with E-state index in [-0.39, 0.29) is 11.9 Å². The average molecular weight is 220 g/mol. The van der Waals surface area contributed by atoms with Gasteiger partial charge in [0.2, 0.25) is 5.96 Å². The molecule has 4 nitrogen and oxygen atoms in total. The van der Waals surface area contributed by atoms with Crippen molar-refractivity contribution >= 4 is 34.8 Å². The first-order chi connectivity index (χ1) is 7.27. The van der Waals surface area contributed by atoms with Crippen LogP contribution in [0.4, 0.5) is 11.4 Å². The monoisotopic (exact) mass is 219 g/mol. The zero-order chi connectivity index (χ0) is 10.2. The van der Waals surface area contributed by atoms with Crippen molar-refractivity contribution in [2.45, 2.75) is 6.04 Å². The molecule has 1 aromatic carbocycles. The zero-order valence-corrected chi connectivity index (χ0v) is 8.40. The number of anilines is 2. The minimum atomic E-state index is -0.103. The van der Waals surface area contributed by atoms with Gasteiger partial charge in [-0.2, -0.15) is 0 Å². The SMILES string of the molecule is O=C1C2CN=C3N1c1cc(Cl)ccc1N32. The number of carbonyl (C=O) groups is 1. The van der Waals surface area contributed by atoms with Gasteiger partial charge in [0.15, 0.2) is 0 Å². The molecule has 1 saturated heterocycles. The number of fused-ring (bicyclic) bond motifs is 2. The first-order valence-electron chi connectivity index (χ1n) is 4.74. The lowest BCUT2D eigenvalue weighted by atomic mass is 10.1. The molecular formula is C10H6ClN3O. The lowest BCUT2D eigenvalue weighted by Gasteiger charge is -2.22. The summed E-state index contributed by atoms with van der Waals surface area (Å²) in [6.07, 6.45) is 0. The summed E-state index contributed by atoms with van der Waals surface area (Å²) in [6.45, 7) is 0.590. The van der Waals surface area contributed by atoms with Crippen molar-refractivity contribution in [3.05, 3.63) is 23.2 Å². The second kappa shape index (κ2) is 2.17. The molecule has 1 atom stereocenters. The predicted molar refractivity (Wildman–Crippen MR) is 57.5 cm³/mol. The van der Waals surface area contributed by atoms with E-state index in [4.69, 9.17) is 11.6 Å². The highest BCUT2D eigenvalue weighted by molar-refractivity contribution is 6.39. The molecule has 0 N–H and O–H groups in total. The normalized spacial score (nSPS) is 25.0. The molecule has 1 fully saturated rings. The Morgan fingerprint density at radius 3 is 3.13 bits per heavy atom. The Balaban J connectivity index is 2.04. The maximum Gasteiger partial charge on any atom is 0.259 e. The Kier molecular flexibility index (Phi) is 1.11. The van der Waals surface area contributed by atoms with E-state index in [9.17, 15) is 4.79 Å². The van der Waals surface area contributed by atoms with E-state index in [0.29, 0.717) is 11.6 Å². The van der Waals surface area contributed by atoms with E-state index in [1.165, 1.54) is 0 Å². The summed E-state index contributed by atoms with van der Waals surface area (Å²) in [4.78, 5) is 19.8. The van der Waals surface area contributed by atoms with E-state index in [0.717, 1.165) is 17.3 Å². The summed E-state index contributed by atoms with van der Waals surface area (Å²) in [5, 5.41) is 0.645. The van der Waals surface area contributed by atoms with Crippen LogP contribution in [0.1, 0.15) is 0 Å². The molecule has 0 spiro atoms. The molecule has 0 aliphatic carbocycles. The second-order valence-electron chi connectivity index (χ2n) is 3.83. The summed E-state index contributed by atoms with van der Waals surface area (Å²) in [7, 11) is 0. The van der Waals surface area contributed by atoms with Crippen molar-refractivity contribution < 1.29 is 4.79 Å². The summed E-state index contributed by atoms with van der Waals surface area (Å²) < 4.78 is 0. The van der Waals surface area contributed by atoms with E-state index >= 15 is 0 Å². The molecule has 1 unspecified atom stereocenters. The molecule has 3 heterocycles. The minimum absolute atomic E-state index is 0.103. The number of amides is 1. The highest BCUT2D eigenvalue weighted by atomic mass is 35.5. The number of hydrogen-bond acceptors (Lipinski definition) is 3. The zero-order valence-electron chi connectivity index (χ0n) is 7.64. The Morgan fingerprint density at radius 1 is 1.40 bits per heavy atom. The molecule has 1 aromatic rings. The van der Waals surface area contributed by atoms with Crippen LogP contribution in [0.15, 0.2) is 23.2 Å². The summed E-state index contributed by atoms with van der Waals surface area (Å²) >= 11 is 5.91. The van der Waals surface area contributed by atoms with Crippen molar-refractivity contribution in [2.75, 3.05) is 16.3 Å². The lowest BCUT2D eigenvalue weighted by molar-refractivity contribution is -0.118. The van der Waals surface area contributed by atoms with Crippen LogP contribution >= 0.6 is 11.6 Å². The van der Waals surface area contributed by atoms with Gasteiger partial charge in [-0.25, -0.2) is 9.89 Å². The Labute approximate surface area is 90.8 Å². The van der Waals surface area contributed by atoms with E-state index in [2.05, 4.69) is 4.99 Å². The smallest absolute Gasteiger partial charge is 0.259 e. The average Bonchev–Trinajstić information content (AvgIpc) is 2.80. The van der Waals surface area contributed by atoms with Crippen LogP contribution in [-0.2, 0) is 4.79 Å².